The van der Waals surface area contributed by atoms with Crippen molar-refractivity contribution in [2.45, 2.75) is 6.54 Å². The summed E-state index contributed by atoms with van der Waals surface area (Å²) >= 11 is 3.39. The van der Waals surface area contributed by atoms with E-state index in [-0.39, 0.29) is 5.91 Å². The summed E-state index contributed by atoms with van der Waals surface area (Å²) in [6.07, 6.45) is 1.75. The Bertz CT molecular complexity index is 400. The van der Waals surface area contributed by atoms with Gasteiger partial charge >= 0.3 is 0 Å². The number of amides is 1. The van der Waals surface area contributed by atoms with Crippen molar-refractivity contribution in [2.75, 3.05) is 6.54 Å². The SMILES string of the molecule is C=CCN1Cc2cc(Br)ccc2C1=O. The van der Waals surface area contributed by atoms with Gasteiger partial charge in [-0.1, -0.05) is 22.0 Å². The minimum atomic E-state index is 0.104. The molecule has 0 atom stereocenters. The smallest absolute Gasteiger partial charge is 0.254 e. The predicted molar refractivity (Wildman–Crippen MR) is 59.1 cm³/mol. The number of nitrogens with zero attached hydrogens (tertiary/aromatic N) is 1. The maximum absolute atomic E-state index is 11.8. The van der Waals surface area contributed by atoms with Gasteiger partial charge in [-0.3, -0.25) is 4.79 Å². The molecule has 72 valence electrons. The summed E-state index contributed by atoms with van der Waals surface area (Å²) in [5.41, 5.74) is 1.90. The highest BCUT2D eigenvalue weighted by molar-refractivity contribution is 9.10. The normalized spacial score (nSPS) is 14.4. The first-order valence-electron chi connectivity index (χ1n) is 4.41. The van der Waals surface area contributed by atoms with Crippen LogP contribution >= 0.6 is 15.9 Å². The van der Waals surface area contributed by atoms with Gasteiger partial charge in [0.1, 0.15) is 0 Å². The number of hydrogen-bond acceptors (Lipinski definition) is 1. The number of fused-ring (bicyclic) bond motifs is 1. The molecule has 1 heterocycles. The Kier molecular flexibility index (Phi) is 2.42. The van der Waals surface area contributed by atoms with Gasteiger partial charge in [0.25, 0.3) is 5.91 Å². The van der Waals surface area contributed by atoms with Gasteiger partial charge in [0.2, 0.25) is 0 Å². The number of halogens is 1. The maximum Gasteiger partial charge on any atom is 0.254 e. The summed E-state index contributed by atoms with van der Waals surface area (Å²) in [5, 5.41) is 0. The number of carbonyl (C=O) groups excluding carboxylic acids is 1. The summed E-state index contributed by atoms with van der Waals surface area (Å²) in [6.45, 7) is 4.95. The molecule has 2 nitrogen and oxygen atoms in total. The second-order valence-electron chi connectivity index (χ2n) is 3.28. The molecule has 1 aliphatic rings. The average molecular weight is 252 g/mol. The Morgan fingerprint density at radius 1 is 1.57 bits per heavy atom. The van der Waals surface area contributed by atoms with Crippen LogP contribution in [-0.2, 0) is 6.54 Å². The zero-order valence-corrected chi connectivity index (χ0v) is 9.25. The van der Waals surface area contributed by atoms with Crippen LogP contribution in [0.25, 0.3) is 0 Å². The third-order valence-corrected chi connectivity index (χ3v) is 2.79. The van der Waals surface area contributed by atoms with Gasteiger partial charge in [0, 0.05) is 23.1 Å². The highest BCUT2D eigenvalue weighted by atomic mass is 79.9. The Morgan fingerprint density at radius 3 is 3.07 bits per heavy atom. The average Bonchev–Trinajstić information content (AvgIpc) is 2.44. The van der Waals surface area contributed by atoms with Gasteiger partial charge in [-0.25, -0.2) is 0 Å². The van der Waals surface area contributed by atoms with E-state index in [0.29, 0.717) is 13.1 Å². The molecule has 14 heavy (non-hydrogen) atoms. The van der Waals surface area contributed by atoms with Crippen molar-refractivity contribution in [1.82, 2.24) is 4.90 Å². The molecular weight excluding hydrogens is 242 g/mol. The van der Waals surface area contributed by atoms with Crippen molar-refractivity contribution in [3.63, 3.8) is 0 Å². The quantitative estimate of drug-likeness (QED) is 0.741. The first kappa shape index (κ1) is 9.46. The second kappa shape index (κ2) is 3.58. The Morgan fingerprint density at radius 2 is 2.36 bits per heavy atom. The molecule has 0 saturated heterocycles. The maximum atomic E-state index is 11.8. The van der Waals surface area contributed by atoms with Crippen LogP contribution in [0, 0.1) is 0 Å². The lowest BCUT2D eigenvalue weighted by atomic mass is 10.1. The van der Waals surface area contributed by atoms with E-state index in [0.717, 1.165) is 15.6 Å². The van der Waals surface area contributed by atoms with E-state index < -0.39 is 0 Å². The van der Waals surface area contributed by atoms with Gasteiger partial charge in [0.15, 0.2) is 0 Å². The third-order valence-electron chi connectivity index (χ3n) is 2.30. The highest BCUT2D eigenvalue weighted by Gasteiger charge is 2.25. The van der Waals surface area contributed by atoms with E-state index in [1.807, 2.05) is 18.2 Å². The van der Waals surface area contributed by atoms with Gasteiger partial charge < -0.3 is 4.90 Å². The summed E-state index contributed by atoms with van der Waals surface area (Å²) in [7, 11) is 0. The molecule has 0 bridgehead atoms. The van der Waals surface area contributed by atoms with Crippen LogP contribution < -0.4 is 0 Å². The summed E-state index contributed by atoms with van der Waals surface area (Å²) < 4.78 is 1.02. The van der Waals surface area contributed by atoms with Crippen molar-refractivity contribution in [3.8, 4) is 0 Å². The molecule has 0 radical (unpaired) electrons. The van der Waals surface area contributed by atoms with E-state index >= 15 is 0 Å². The summed E-state index contributed by atoms with van der Waals surface area (Å²) in [5.74, 6) is 0.104. The number of carbonyl (C=O) groups is 1. The van der Waals surface area contributed by atoms with Crippen LogP contribution in [0.4, 0.5) is 0 Å². The van der Waals surface area contributed by atoms with Crippen molar-refractivity contribution in [2.24, 2.45) is 0 Å². The van der Waals surface area contributed by atoms with Crippen molar-refractivity contribution >= 4 is 21.8 Å². The standard InChI is InChI=1S/C11H10BrNO/c1-2-5-13-7-8-6-9(12)3-4-10(8)11(13)14/h2-4,6H,1,5,7H2. The van der Waals surface area contributed by atoms with Crippen molar-refractivity contribution in [3.05, 3.63) is 46.5 Å². The van der Waals surface area contributed by atoms with E-state index in [2.05, 4.69) is 22.5 Å². The van der Waals surface area contributed by atoms with Crippen molar-refractivity contribution in [1.29, 1.82) is 0 Å². The fourth-order valence-corrected chi connectivity index (χ4v) is 2.06. The lowest BCUT2D eigenvalue weighted by Crippen LogP contribution is -2.23. The van der Waals surface area contributed by atoms with Crippen LogP contribution in [0.5, 0.6) is 0 Å². The molecule has 0 aromatic heterocycles. The molecule has 1 aromatic carbocycles. The molecule has 1 amide bonds. The molecular formula is C11H10BrNO. The zero-order valence-electron chi connectivity index (χ0n) is 7.66. The number of benzene rings is 1. The van der Waals surface area contributed by atoms with Gasteiger partial charge in [0.05, 0.1) is 0 Å². The molecule has 0 spiro atoms. The molecule has 2 rings (SSSR count). The first-order valence-corrected chi connectivity index (χ1v) is 5.20. The number of hydrogen-bond donors (Lipinski definition) is 0. The molecule has 3 heteroatoms. The molecule has 0 unspecified atom stereocenters. The fourth-order valence-electron chi connectivity index (χ4n) is 1.65. The summed E-state index contributed by atoms with van der Waals surface area (Å²) in [6, 6.07) is 5.76. The zero-order chi connectivity index (χ0) is 10.1. The van der Waals surface area contributed by atoms with E-state index in [4.69, 9.17) is 0 Å². The van der Waals surface area contributed by atoms with E-state index in [1.54, 1.807) is 11.0 Å². The minimum Gasteiger partial charge on any atom is -0.331 e. The van der Waals surface area contributed by atoms with E-state index in [9.17, 15) is 4.79 Å². The molecule has 0 saturated carbocycles. The molecule has 0 N–H and O–H groups in total. The Hall–Kier alpha value is -1.09. The van der Waals surface area contributed by atoms with Crippen LogP contribution in [0.1, 0.15) is 15.9 Å². The fraction of sp³-hybridized carbons (Fsp3) is 0.182. The minimum absolute atomic E-state index is 0.104. The summed E-state index contributed by atoms with van der Waals surface area (Å²) in [4.78, 5) is 13.5. The monoisotopic (exact) mass is 251 g/mol. The Balaban J connectivity index is 2.35. The van der Waals surface area contributed by atoms with Crippen LogP contribution in [0.15, 0.2) is 35.3 Å². The van der Waals surface area contributed by atoms with Crippen LogP contribution in [0.2, 0.25) is 0 Å². The lowest BCUT2D eigenvalue weighted by Gasteiger charge is -2.11. The van der Waals surface area contributed by atoms with Gasteiger partial charge in [-0.2, -0.15) is 0 Å². The van der Waals surface area contributed by atoms with Crippen molar-refractivity contribution < 1.29 is 4.79 Å². The second-order valence-corrected chi connectivity index (χ2v) is 4.19. The molecule has 1 aliphatic heterocycles. The first-order chi connectivity index (χ1) is 6.72. The largest absolute Gasteiger partial charge is 0.331 e. The third kappa shape index (κ3) is 1.48. The van der Waals surface area contributed by atoms with Crippen LogP contribution in [0.3, 0.4) is 0 Å². The molecule has 0 fully saturated rings. The van der Waals surface area contributed by atoms with Gasteiger partial charge in [-0.05, 0) is 23.8 Å². The lowest BCUT2D eigenvalue weighted by molar-refractivity contribution is 0.0796. The molecule has 0 aliphatic carbocycles. The number of rotatable bonds is 2. The Labute approximate surface area is 91.3 Å². The predicted octanol–water partition coefficient (Wildman–Crippen LogP) is 2.59. The molecule has 1 aromatic rings. The topological polar surface area (TPSA) is 20.3 Å². The van der Waals surface area contributed by atoms with Gasteiger partial charge in [-0.15, -0.1) is 6.58 Å². The highest BCUT2D eigenvalue weighted by Crippen LogP contribution is 2.25. The van der Waals surface area contributed by atoms with Crippen LogP contribution in [-0.4, -0.2) is 17.4 Å². The van der Waals surface area contributed by atoms with E-state index in [1.165, 1.54) is 0 Å².